The van der Waals surface area contributed by atoms with Gasteiger partial charge in [-0.2, -0.15) is 4.98 Å². The second-order valence-corrected chi connectivity index (χ2v) is 8.84. The normalized spacial score (nSPS) is 15.1. The minimum absolute atomic E-state index is 0.151. The molecule has 4 heterocycles. The number of rotatable bonds is 4. The van der Waals surface area contributed by atoms with Crippen molar-refractivity contribution in [3.05, 3.63) is 76.9 Å². The van der Waals surface area contributed by atoms with E-state index in [1.54, 1.807) is 29.3 Å². The fourth-order valence-electron chi connectivity index (χ4n) is 4.61. The summed E-state index contributed by atoms with van der Waals surface area (Å²) < 4.78 is 24.4. The van der Waals surface area contributed by atoms with E-state index in [1.165, 1.54) is 34.1 Å². The molecule has 0 N–H and O–H groups in total. The number of hydrogen-bond acceptors (Lipinski definition) is 6. The number of carbonyl (C=O) groups is 1. The molecule has 36 heavy (non-hydrogen) atoms. The molecule has 11 heteroatoms. The van der Waals surface area contributed by atoms with Crippen LogP contribution in [-0.2, 0) is 11.3 Å². The SMILES string of the molecule is CN(C)C(=O)Cn1c(=O)n([C@@H]2CCOc3ccccc32)c2nc(-n3cnc4ccc(F)cc43)ncc21. The molecule has 0 fully saturated rings. The fraction of sp³-hybridized carbons (Fsp3) is 0.240. The molecule has 0 radical (unpaired) electrons. The van der Waals surface area contributed by atoms with E-state index in [1.807, 2.05) is 24.3 Å². The molecule has 2 aromatic carbocycles. The van der Waals surface area contributed by atoms with Crippen molar-refractivity contribution in [3.63, 3.8) is 0 Å². The first-order chi connectivity index (χ1) is 17.4. The Kier molecular flexibility index (Phi) is 5.06. The van der Waals surface area contributed by atoms with Crippen molar-refractivity contribution in [2.24, 2.45) is 0 Å². The predicted octanol–water partition coefficient (Wildman–Crippen LogP) is 2.53. The number of amides is 1. The fourth-order valence-corrected chi connectivity index (χ4v) is 4.61. The molecular formula is C25H22FN7O3. The Bertz CT molecular complexity index is 1700. The van der Waals surface area contributed by atoms with Crippen molar-refractivity contribution in [1.82, 2.24) is 33.6 Å². The van der Waals surface area contributed by atoms with Crippen LogP contribution in [0.4, 0.5) is 4.39 Å². The third-order valence-corrected chi connectivity index (χ3v) is 6.45. The van der Waals surface area contributed by atoms with Crippen LogP contribution in [0, 0.1) is 5.82 Å². The van der Waals surface area contributed by atoms with Crippen LogP contribution in [0.2, 0.25) is 0 Å². The zero-order chi connectivity index (χ0) is 25.0. The number of imidazole rings is 2. The summed E-state index contributed by atoms with van der Waals surface area (Å²) in [5.41, 5.74) is 2.39. The van der Waals surface area contributed by atoms with Gasteiger partial charge in [-0.1, -0.05) is 18.2 Å². The highest BCUT2D eigenvalue weighted by atomic mass is 19.1. The first-order valence-electron chi connectivity index (χ1n) is 11.4. The van der Waals surface area contributed by atoms with Crippen molar-refractivity contribution < 1.29 is 13.9 Å². The number of aromatic nitrogens is 6. The topological polar surface area (TPSA) is 100 Å². The average molecular weight is 487 g/mol. The van der Waals surface area contributed by atoms with Crippen LogP contribution < -0.4 is 10.4 Å². The smallest absolute Gasteiger partial charge is 0.331 e. The molecular weight excluding hydrogens is 465 g/mol. The number of carbonyl (C=O) groups excluding carboxylic acids is 1. The summed E-state index contributed by atoms with van der Waals surface area (Å²) >= 11 is 0. The molecule has 0 bridgehead atoms. The lowest BCUT2D eigenvalue weighted by Gasteiger charge is -2.26. The van der Waals surface area contributed by atoms with Gasteiger partial charge in [0.15, 0.2) is 5.65 Å². The van der Waals surface area contributed by atoms with Crippen LogP contribution in [0.5, 0.6) is 5.75 Å². The average Bonchev–Trinajstić information content (AvgIpc) is 3.41. The Hall–Kier alpha value is -4.54. The largest absolute Gasteiger partial charge is 0.493 e. The summed E-state index contributed by atoms with van der Waals surface area (Å²) in [5.74, 6) is 0.301. The number of benzene rings is 2. The van der Waals surface area contributed by atoms with Crippen LogP contribution in [-0.4, -0.2) is 60.2 Å². The van der Waals surface area contributed by atoms with Gasteiger partial charge in [-0.05, 0) is 18.2 Å². The van der Waals surface area contributed by atoms with Gasteiger partial charge in [-0.3, -0.25) is 18.5 Å². The van der Waals surface area contributed by atoms with Gasteiger partial charge in [0, 0.05) is 32.1 Å². The molecule has 0 saturated heterocycles. The van der Waals surface area contributed by atoms with E-state index in [4.69, 9.17) is 9.72 Å². The first kappa shape index (κ1) is 22.0. The number of para-hydroxylation sites is 1. The number of nitrogens with zero attached hydrogens (tertiary/aromatic N) is 7. The van der Waals surface area contributed by atoms with Gasteiger partial charge < -0.3 is 9.64 Å². The lowest BCUT2D eigenvalue weighted by Crippen LogP contribution is -2.34. The minimum Gasteiger partial charge on any atom is -0.493 e. The van der Waals surface area contributed by atoms with Gasteiger partial charge in [0.05, 0.1) is 29.9 Å². The zero-order valence-electron chi connectivity index (χ0n) is 19.6. The number of likely N-dealkylation sites (N-methyl/N-ethyl adjacent to an activating group) is 1. The summed E-state index contributed by atoms with van der Waals surface area (Å²) in [6, 6.07) is 11.5. The maximum absolute atomic E-state index is 14.0. The Morgan fingerprint density at radius 3 is 2.83 bits per heavy atom. The number of halogens is 1. The molecule has 0 saturated carbocycles. The second-order valence-electron chi connectivity index (χ2n) is 8.84. The molecule has 1 atom stereocenters. The standard InChI is InChI=1S/C25H22FN7O3/c1-30(2)22(34)13-31-20-12-27-24(32-14-28-17-8-7-15(26)11-19(17)32)29-23(20)33(25(31)35)18-9-10-36-21-6-4-3-5-16(18)21/h3-8,11-12,14,18H,9-10,13H2,1-2H3/t18-/m1/s1. The van der Waals surface area contributed by atoms with Crippen molar-refractivity contribution in [2.75, 3.05) is 20.7 Å². The van der Waals surface area contributed by atoms with Gasteiger partial charge in [0.25, 0.3) is 0 Å². The van der Waals surface area contributed by atoms with E-state index < -0.39 is 5.82 Å². The molecule has 0 aliphatic carbocycles. The molecule has 1 amide bonds. The van der Waals surface area contributed by atoms with Crippen molar-refractivity contribution in [1.29, 1.82) is 0 Å². The van der Waals surface area contributed by atoms with Crippen LogP contribution in [0.25, 0.3) is 28.1 Å². The molecule has 10 nitrogen and oxygen atoms in total. The second kappa shape index (κ2) is 8.29. The quantitative estimate of drug-likeness (QED) is 0.386. The van der Waals surface area contributed by atoms with Gasteiger partial charge in [-0.15, -0.1) is 0 Å². The highest BCUT2D eigenvalue weighted by Gasteiger charge is 2.29. The molecule has 1 aliphatic rings. The monoisotopic (exact) mass is 487 g/mol. The van der Waals surface area contributed by atoms with Crippen LogP contribution in [0.3, 0.4) is 0 Å². The van der Waals surface area contributed by atoms with E-state index in [9.17, 15) is 14.0 Å². The minimum atomic E-state index is -0.408. The molecule has 0 unspecified atom stereocenters. The van der Waals surface area contributed by atoms with Crippen molar-refractivity contribution in [3.8, 4) is 11.7 Å². The van der Waals surface area contributed by atoms with Crippen molar-refractivity contribution >= 4 is 28.1 Å². The Labute approximate surface area is 204 Å². The summed E-state index contributed by atoms with van der Waals surface area (Å²) in [6.07, 6.45) is 3.59. The van der Waals surface area contributed by atoms with Gasteiger partial charge >= 0.3 is 5.69 Å². The molecule has 3 aromatic heterocycles. The van der Waals surface area contributed by atoms with Crippen LogP contribution in [0.15, 0.2) is 59.8 Å². The number of hydrogen-bond donors (Lipinski definition) is 0. The first-order valence-corrected chi connectivity index (χ1v) is 11.4. The van der Waals surface area contributed by atoms with Crippen LogP contribution >= 0.6 is 0 Å². The maximum atomic E-state index is 14.0. The predicted molar refractivity (Wildman–Crippen MR) is 130 cm³/mol. The summed E-state index contributed by atoms with van der Waals surface area (Å²) in [7, 11) is 3.28. The highest BCUT2D eigenvalue weighted by Crippen LogP contribution is 2.35. The van der Waals surface area contributed by atoms with Crippen LogP contribution in [0.1, 0.15) is 18.0 Å². The van der Waals surface area contributed by atoms with E-state index in [0.29, 0.717) is 41.0 Å². The number of ether oxygens (including phenoxy) is 1. The maximum Gasteiger partial charge on any atom is 0.331 e. The molecule has 6 rings (SSSR count). The highest BCUT2D eigenvalue weighted by molar-refractivity contribution is 5.80. The Morgan fingerprint density at radius 1 is 1.17 bits per heavy atom. The zero-order valence-corrected chi connectivity index (χ0v) is 19.6. The lowest BCUT2D eigenvalue weighted by atomic mass is 10.0. The third-order valence-electron chi connectivity index (χ3n) is 6.45. The van der Waals surface area contributed by atoms with Crippen molar-refractivity contribution in [2.45, 2.75) is 19.0 Å². The molecule has 182 valence electrons. The van der Waals surface area contributed by atoms with E-state index in [2.05, 4.69) is 9.97 Å². The Morgan fingerprint density at radius 2 is 2.00 bits per heavy atom. The van der Waals surface area contributed by atoms with Gasteiger partial charge in [0.1, 0.15) is 30.0 Å². The summed E-state index contributed by atoms with van der Waals surface area (Å²) in [5, 5.41) is 0. The molecule has 5 aromatic rings. The summed E-state index contributed by atoms with van der Waals surface area (Å²) in [6.45, 7) is 0.281. The molecule has 1 aliphatic heterocycles. The van der Waals surface area contributed by atoms with E-state index >= 15 is 0 Å². The van der Waals surface area contributed by atoms with E-state index in [-0.39, 0.29) is 30.1 Å². The Balaban J connectivity index is 1.59. The summed E-state index contributed by atoms with van der Waals surface area (Å²) in [4.78, 5) is 41.3. The van der Waals surface area contributed by atoms with E-state index in [0.717, 1.165) is 5.56 Å². The number of fused-ring (bicyclic) bond motifs is 3. The molecule has 0 spiro atoms. The van der Waals surface area contributed by atoms with Gasteiger partial charge in [0.2, 0.25) is 11.9 Å². The third kappa shape index (κ3) is 3.43. The van der Waals surface area contributed by atoms with Gasteiger partial charge in [-0.25, -0.2) is 19.2 Å². The lowest BCUT2D eigenvalue weighted by molar-refractivity contribution is -0.129.